The van der Waals surface area contributed by atoms with E-state index < -0.39 is 0 Å². The maximum atomic E-state index is 3.89. The molecule has 10 atom stereocenters. The lowest BCUT2D eigenvalue weighted by Gasteiger charge is -2.42. The first kappa shape index (κ1) is 24.7. The molecule has 0 N–H and O–H groups in total. The van der Waals surface area contributed by atoms with Gasteiger partial charge in [-0.3, -0.25) is 0 Å². The molecule has 0 fully saturated rings. The largest absolute Gasteiger partial charge is 0.103 e. The molecule has 0 amide bonds. The van der Waals surface area contributed by atoms with Crippen LogP contribution in [0.5, 0.6) is 0 Å². The van der Waals surface area contributed by atoms with Crippen molar-refractivity contribution < 1.29 is 0 Å². The molecule has 0 aliphatic heterocycles. The van der Waals surface area contributed by atoms with Crippen molar-refractivity contribution in [1.29, 1.82) is 0 Å². The summed E-state index contributed by atoms with van der Waals surface area (Å²) in [5.74, 6) is 7.55. The number of hydrogen-bond acceptors (Lipinski definition) is 0. The molecule has 0 nitrogen and oxygen atoms in total. The number of allylic oxidation sites excluding steroid dienone is 8. The Hall–Kier alpha value is -1.30. The molecule has 0 heterocycles. The SMILES string of the molecule is C=CC.C=CC1C(C)C=CC(C)C1C.CC1C=CC2C(C)C(C)C=CC2C1C. The van der Waals surface area contributed by atoms with Crippen LogP contribution in [0.4, 0.5) is 0 Å². The van der Waals surface area contributed by atoms with E-state index in [2.05, 4.69) is 104 Å². The summed E-state index contributed by atoms with van der Waals surface area (Å²) in [7, 11) is 0. The second-order valence-corrected chi connectivity index (χ2v) is 9.54. The van der Waals surface area contributed by atoms with E-state index in [1.54, 1.807) is 6.08 Å². The highest BCUT2D eigenvalue weighted by Gasteiger charge is 2.36. The summed E-state index contributed by atoms with van der Waals surface area (Å²) in [4.78, 5) is 0. The van der Waals surface area contributed by atoms with E-state index in [1.165, 1.54) is 0 Å². The fourth-order valence-corrected chi connectivity index (χ4v) is 4.88. The topological polar surface area (TPSA) is 0 Å². The third-order valence-electron chi connectivity index (χ3n) is 7.63. The monoisotopic (exact) mass is 382 g/mol. The normalized spacial score (nSPS) is 43.6. The molecule has 28 heavy (non-hydrogen) atoms. The maximum Gasteiger partial charge on any atom is -0.0136 e. The molecule has 0 aromatic heterocycles. The van der Waals surface area contributed by atoms with Crippen molar-refractivity contribution in [1.82, 2.24) is 0 Å². The molecule has 3 aliphatic carbocycles. The Morgan fingerprint density at radius 3 is 1.21 bits per heavy atom. The van der Waals surface area contributed by atoms with E-state index in [4.69, 9.17) is 0 Å². The average molecular weight is 383 g/mol. The molecule has 0 saturated carbocycles. The van der Waals surface area contributed by atoms with Gasteiger partial charge in [0.15, 0.2) is 0 Å². The Labute approximate surface area is 176 Å². The van der Waals surface area contributed by atoms with Crippen molar-refractivity contribution in [3.8, 4) is 0 Å². The second-order valence-electron chi connectivity index (χ2n) is 9.54. The van der Waals surface area contributed by atoms with Crippen LogP contribution in [-0.2, 0) is 0 Å². The number of fused-ring (bicyclic) bond motifs is 1. The first-order valence-corrected chi connectivity index (χ1v) is 11.4. The van der Waals surface area contributed by atoms with Crippen LogP contribution in [-0.4, -0.2) is 0 Å². The molecule has 0 aromatic carbocycles. The second kappa shape index (κ2) is 11.6. The Morgan fingerprint density at radius 1 is 0.536 bits per heavy atom. The average Bonchev–Trinajstić information content (AvgIpc) is 2.66. The van der Waals surface area contributed by atoms with Crippen molar-refractivity contribution in [2.45, 2.75) is 55.4 Å². The van der Waals surface area contributed by atoms with Gasteiger partial charge in [0.1, 0.15) is 0 Å². The highest BCUT2D eigenvalue weighted by molar-refractivity contribution is 5.15. The zero-order chi connectivity index (χ0) is 21.4. The van der Waals surface area contributed by atoms with Gasteiger partial charge in [-0.1, -0.05) is 97.1 Å². The lowest BCUT2D eigenvalue weighted by Crippen LogP contribution is -2.35. The minimum atomic E-state index is 0.676. The molecule has 0 spiro atoms. The van der Waals surface area contributed by atoms with Crippen LogP contribution in [0.3, 0.4) is 0 Å². The fraction of sp³-hybridized carbons (Fsp3) is 0.643. The first-order chi connectivity index (χ1) is 13.2. The molecule has 158 valence electrons. The number of rotatable bonds is 1. The van der Waals surface area contributed by atoms with Gasteiger partial charge in [-0.15, -0.1) is 13.2 Å². The summed E-state index contributed by atoms with van der Waals surface area (Å²) in [5, 5.41) is 0. The molecule has 0 bridgehead atoms. The Kier molecular flexibility index (Phi) is 10.3. The summed E-state index contributed by atoms with van der Waals surface area (Å²) in [6.45, 7) is 25.5. The van der Waals surface area contributed by atoms with Gasteiger partial charge in [0, 0.05) is 0 Å². The summed E-state index contributed by atoms with van der Waals surface area (Å²) >= 11 is 0. The quantitative estimate of drug-likeness (QED) is 0.400. The van der Waals surface area contributed by atoms with Crippen LogP contribution < -0.4 is 0 Å². The van der Waals surface area contributed by atoms with Gasteiger partial charge in [0.2, 0.25) is 0 Å². The first-order valence-electron chi connectivity index (χ1n) is 11.4. The summed E-state index contributed by atoms with van der Waals surface area (Å²) in [6, 6.07) is 0. The van der Waals surface area contributed by atoms with Crippen LogP contribution in [0.25, 0.3) is 0 Å². The molecule has 0 saturated heterocycles. The Bertz CT molecular complexity index is 535. The minimum Gasteiger partial charge on any atom is -0.103 e. The molecule has 0 radical (unpaired) electrons. The van der Waals surface area contributed by atoms with E-state index >= 15 is 0 Å². The Balaban J connectivity index is 0.000000252. The predicted molar refractivity (Wildman–Crippen MR) is 128 cm³/mol. The molecule has 3 aliphatic rings. The van der Waals surface area contributed by atoms with E-state index in [9.17, 15) is 0 Å². The lowest BCUT2D eigenvalue weighted by atomic mass is 9.63. The van der Waals surface area contributed by atoms with Gasteiger partial charge in [-0.05, 0) is 66.1 Å². The third-order valence-corrected chi connectivity index (χ3v) is 7.63. The highest BCUT2D eigenvalue weighted by atomic mass is 14.4. The van der Waals surface area contributed by atoms with Crippen molar-refractivity contribution in [2.75, 3.05) is 0 Å². The summed E-state index contributed by atoms with van der Waals surface area (Å²) < 4.78 is 0. The highest BCUT2D eigenvalue weighted by Crippen LogP contribution is 2.43. The molecule has 0 heteroatoms. The van der Waals surface area contributed by atoms with Crippen molar-refractivity contribution in [3.63, 3.8) is 0 Å². The van der Waals surface area contributed by atoms with Crippen molar-refractivity contribution in [3.05, 3.63) is 61.8 Å². The van der Waals surface area contributed by atoms with Gasteiger partial charge in [-0.2, -0.15) is 0 Å². The standard InChI is InChI=1S/C14H22.C11H18.C3H6/c1-9-5-7-14-12(4)10(2)6-8-13(14)11(9)3;1-5-11-9(3)7-6-8(2)10(11)4;1-3-2/h5-14H,1-4H3;5-11H,1H2,2-4H3;3H,1H2,2H3. The maximum absolute atomic E-state index is 3.89. The third kappa shape index (κ3) is 6.10. The van der Waals surface area contributed by atoms with Gasteiger partial charge >= 0.3 is 0 Å². The van der Waals surface area contributed by atoms with E-state index in [-0.39, 0.29) is 0 Å². The zero-order valence-corrected chi connectivity index (χ0v) is 19.8. The lowest BCUT2D eigenvalue weighted by molar-refractivity contribution is 0.180. The van der Waals surface area contributed by atoms with Crippen LogP contribution in [0.15, 0.2) is 61.8 Å². The molecular formula is C28H46. The fourth-order valence-electron chi connectivity index (χ4n) is 4.88. The minimum absolute atomic E-state index is 0.676. The van der Waals surface area contributed by atoms with Gasteiger partial charge in [0.05, 0.1) is 0 Å². The van der Waals surface area contributed by atoms with Crippen molar-refractivity contribution in [2.24, 2.45) is 59.2 Å². The van der Waals surface area contributed by atoms with Crippen LogP contribution in [0.2, 0.25) is 0 Å². The Morgan fingerprint density at radius 2 is 0.857 bits per heavy atom. The molecular weight excluding hydrogens is 336 g/mol. The van der Waals surface area contributed by atoms with Crippen LogP contribution in [0, 0.1) is 59.2 Å². The number of hydrogen-bond donors (Lipinski definition) is 0. The molecule has 3 rings (SSSR count). The smallest absolute Gasteiger partial charge is 0.0136 e. The predicted octanol–water partition coefficient (Wildman–Crippen LogP) is 8.36. The van der Waals surface area contributed by atoms with Gasteiger partial charge in [0.25, 0.3) is 0 Å². The molecule has 0 aromatic rings. The zero-order valence-electron chi connectivity index (χ0n) is 19.8. The van der Waals surface area contributed by atoms with E-state index in [0.29, 0.717) is 17.8 Å². The van der Waals surface area contributed by atoms with Crippen LogP contribution >= 0.6 is 0 Å². The summed E-state index contributed by atoms with van der Waals surface area (Å²) in [5.41, 5.74) is 0. The van der Waals surface area contributed by atoms with Gasteiger partial charge < -0.3 is 0 Å². The molecule has 10 unspecified atom stereocenters. The van der Waals surface area contributed by atoms with Crippen molar-refractivity contribution >= 4 is 0 Å². The van der Waals surface area contributed by atoms with E-state index in [0.717, 1.165) is 41.4 Å². The van der Waals surface area contributed by atoms with E-state index in [1.807, 2.05) is 6.92 Å². The van der Waals surface area contributed by atoms with Gasteiger partial charge in [-0.25, -0.2) is 0 Å². The van der Waals surface area contributed by atoms with Crippen LogP contribution in [0.1, 0.15) is 55.4 Å². The summed E-state index contributed by atoms with van der Waals surface area (Å²) in [6.07, 6.45) is 18.3.